The first-order chi connectivity index (χ1) is 17.5. The highest BCUT2D eigenvalue weighted by molar-refractivity contribution is 5.71. The standard InChI is InChI=1S/C27H31FN6O2/c1-16-8-9-20(15-29-16)25-32-26-17(2)24(18-6-5-7-21(28)12-18)31-27(34(26)33-25)30-14-19-10-11-22(35-3)13-23(19)36-4/h5-7,10-13,16,20,29H,8-9,14-15H2,1-4H3,(H,30,31)/t16-,20+/m0/s1. The minimum Gasteiger partial charge on any atom is -0.497 e. The molecule has 0 radical (unpaired) electrons. The van der Waals surface area contributed by atoms with Crippen LogP contribution in [0, 0.1) is 12.7 Å². The van der Waals surface area contributed by atoms with Crippen molar-refractivity contribution in [2.24, 2.45) is 0 Å². The van der Waals surface area contributed by atoms with Crippen LogP contribution in [-0.4, -0.2) is 46.4 Å². The van der Waals surface area contributed by atoms with Crippen LogP contribution in [0.25, 0.3) is 16.9 Å². The molecule has 1 aliphatic rings. The quantitative estimate of drug-likeness (QED) is 0.388. The van der Waals surface area contributed by atoms with Crippen molar-refractivity contribution in [3.05, 3.63) is 65.2 Å². The van der Waals surface area contributed by atoms with Gasteiger partial charge in [-0.05, 0) is 51.0 Å². The first kappa shape index (κ1) is 24.0. The number of benzene rings is 2. The number of hydrogen-bond acceptors (Lipinski definition) is 7. The minimum absolute atomic E-state index is 0.229. The van der Waals surface area contributed by atoms with E-state index in [2.05, 4.69) is 17.6 Å². The van der Waals surface area contributed by atoms with Gasteiger partial charge in [0.25, 0.3) is 0 Å². The number of hydrogen-bond donors (Lipinski definition) is 2. The number of piperidine rings is 1. The molecular weight excluding hydrogens is 459 g/mol. The topological polar surface area (TPSA) is 85.6 Å². The number of rotatable bonds is 7. The Morgan fingerprint density at radius 2 is 1.97 bits per heavy atom. The molecule has 2 atom stereocenters. The Bertz CT molecular complexity index is 1380. The zero-order valence-electron chi connectivity index (χ0n) is 21.0. The van der Waals surface area contributed by atoms with Crippen molar-refractivity contribution in [2.45, 2.75) is 45.2 Å². The van der Waals surface area contributed by atoms with E-state index in [1.807, 2.05) is 31.2 Å². The van der Waals surface area contributed by atoms with Gasteiger partial charge in [-0.3, -0.25) is 0 Å². The van der Waals surface area contributed by atoms with Crippen molar-refractivity contribution in [3.8, 4) is 22.8 Å². The third kappa shape index (κ3) is 4.70. The smallest absolute Gasteiger partial charge is 0.226 e. The zero-order chi connectivity index (χ0) is 25.2. The van der Waals surface area contributed by atoms with Crippen LogP contribution >= 0.6 is 0 Å². The first-order valence-electron chi connectivity index (χ1n) is 12.2. The molecule has 2 aromatic carbocycles. The van der Waals surface area contributed by atoms with E-state index in [9.17, 15) is 4.39 Å². The summed E-state index contributed by atoms with van der Waals surface area (Å²) in [7, 11) is 3.25. The molecular formula is C27H31FN6O2. The van der Waals surface area contributed by atoms with Crippen LogP contribution < -0.4 is 20.1 Å². The molecule has 3 heterocycles. The monoisotopic (exact) mass is 490 g/mol. The Hall–Kier alpha value is -3.72. The highest BCUT2D eigenvalue weighted by atomic mass is 19.1. The van der Waals surface area contributed by atoms with Gasteiger partial charge in [0.15, 0.2) is 11.5 Å². The van der Waals surface area contributed by atoms with Crippen molar-refractivity contribution in [2.75, 3.05) is 26.1 Å². The van der Waals surface area contributed by atoms with Crippen LogP contribution in [-0.2, 0) is 6.54 Å². The van der Waals surface area contributed by atoms with Crippen molar-refractivity contribution in [3.63, 3.8) is 0 Å². The van der Waals surface area contributed by atoms with Crippen molar-refractivity contribution >= 4 is 11.6 Å². The second-order valence-electron chi connectivity index (χ2n) is 9.24. The zero-order valence-corrected chi connectivity index (χ0v) is 21.0. The largest absolute Gasteiger partial charge is 0.497 e. The van der Waals surface area contributed by atoms with Gasteiger partial charge < -0.3 is 20.1 Å². The lowest BCUT2D eigenvalue weighted by molar-refractivity contribution is 0.376. The van der Waals surface area contributed by atoms with Gasteiger partial charge in [-0.1, -0.05) is 12.1 Å². The molecule has 0 spiro atoms. The van der Waals surface area contributed by atoms with Crippen LogP contribution in [0.15, 0.2) is 42.5 Å². The second kappa shape index (κ2) is 10.1. The van der Waals surface area contributed by atoms with Gasteiger partial charge in [-0.15, -0.1) is 5.10 Å². The van der Waals surface area contributed by atoms with Crippen molar-refractivity contribution < 1.29 is 13.9 Å². The van der Waals surface area contributed by atoms with Gasteiger partial charge >= 0.3 is 0 Å². The van der Waals surface area contributed by atoms with E-state index in [0.717, 1.165) is 42.1 Å². The summed E-state index contributed by atoms with van der Waals surface area (Å²) in [6.45, 7) is 5.44. The number of anilines is 1. The van der Waals surface area contributed by atoms with Gasteiger partial charge in [0, 0.05) is 47.8 Å². The Morgan fingerprint density at radius 3 is 2.69 bits per heavy atom. The Balaban J connectivity index is 1.56. The summed E-state index contributed by atoms with van der Waals surface area (Å²) in [4.78, 5) is 9.83. The lowest BCUT2D eigenvalue weighted by Gasteiger charge is -2.25. The molecule has 1 aliphatic heterocycles. The van der Waals surface area contributed by atoms with E-state index >= 15 is 0 Å². The number of halogens is 1. The molecule has 9 heteroatoms. The lowest BCUT2D eigenvalue weighted by Crippen LogP contribution is -2.36. The third-order valence-electron chi connectivity index (χ3n) is 6.79. The van der Waals surface area contributed by atoms with Gasteiger partial charge in [-0.2, -0.15) is 4.52 Å². The summed E-state index contributed by atoms with van der Waals surface area (Å²) in [5.41, 5.74) is 3.86. The first-order valence-corrected chi connectivity index (χ1v) is 12.2. The highest BCUT2D eigenvalue weighted by Crippen LogP contribution is 2.30. The average Bonchev–Trinajstić information content (AvgIpc) is 3.35. The van der Waals surface area contributed by atoms with E-state index in [0.29, 0.717) is 41.2 Å². The predicted octanol–water partition coefficient (Wildman–Crippen LogP) is 4.72. The van der Waals surface area contributed by atoms with Crippen LogP contribution in [0.3, 0.4) is 0 Å². The Kier molecular flexibility index (Phi) is 6.73. The molecule has 0 amide bonds. The van der Waals surface area contributed by atoms with E-state index in [1.165, 1.54) is 12.1 Å². The van der Waals surface area contributed by atoms with Crippen molar-refractivity contribution in [1.82, 2.24) is 24.9 Å². The Labute approximate surface area is 209 Å². The van der Waals surface area contributed by atoms with E-state index < -0.39 is 0 Å². The number of aryl methyl sites for hydroxylation is 1. The summed E-state index contributed by atoms with van der Waals surface area (Å²) >= 11 is 0. The van der Waals surface area contributed by atoms with Gasteiger partial charge in [-0.25, -0.2) is 14.4 Å². The maximum absolute atomic E-state index is 14.1. The second-order valence-corrected chi connectivity index (χ2v) is 9.24. The lowest BCUT2D eigenvalue weighted by atomic mass is 9.95. The fourth-order valence-electron chi connectivity index (χ4n) is 4.66. The molecule has 188 valence electrons. The summed E-state index contributed by atoms with van der Waals surface area (Å²) in [6, 6.07) is 12.6. The Morgan fingerprint density at radius 1 is 1.11 bits per heavy atom. The number of nitrogens with zero attached hydrogens (tertiary/aromatic N) is 4. The van der Waals surface area contributed by atoms with Crippen LogP contribution in [0.1, 0.15) is 42.6 Å². The van der Waals surface area contributed by atoms with Crippen LogP contribution in [0.5, 0.6) is 11.5 Å². The maximum atomic E-state index is 14.1. The van der Waals surface area contributed by atoms with Crippen molar-refractivity contribution in [1.29, 1.82) is 0 Å². The number of aromatic nitrogens is 4. The number of methoxy groups -OCH3 is 2. The molecule has 5 rings (SSSR count). The van der Waals surface area contributed by atoms with E-state index in [4.69, 9.17) is 24.5 Å². The molecule has 2 aromatic heterocycles. The molecule has 0 aliphatic carbocycles. The molecule has 8 nitrogen and oxygen atoms in total. The molecule has 0 unspecified atom stereocenters. The highest BCUT2D eigenvalue weighted by Gasteiger charge is 2.25. The van der Waals surface area contributed by atoms with Gasteiger partial charge in [0.2, 0.25) is 5.95 Å². The molecule has 36 heavy (non-hydrogen) atoms. The number of ether oxygens (including phenoxy) is 2. The van der Waals surface area contributed by atoms with E-state index in [-0.39, 0.29) is 11.7 Å². The summed E-state index contributed by atoms with van der Waals surface area (Å²) in [5.74, 6) is 2.67. The number of nitrogens with one attached hydrogen (secondary N) is 2. The predicted molar refractivity (Wildman–Crippen MR) is 137 cm³/mol. The molecule has 1 fully saturated rings. The summed E-state index contributed by atoms with van der Waals surface area (Å²) < 4.78 is 26.7. The minimum atomic E-state index is -0.310. The van der Waals surface area contributed by atoms with Crippen LogP contribution in [0.4, 0.5) is 10.3 Å². The third-order valence-corrected chi connectivity index (χ3v) is 6.79. The summed E-state index contributed by atoms with van der Waals surface area (Å²) in [5, 5.41) is 11.8. The molecule has 4 aromatic rings. The normalized spacial score (nSPS) is 17.8. The number of fused-ring (bicyclic) bond motifs is 1. The molecule has 0 saturated carbocycles. The average molecular weight is 491 g/mol. The molecule has 1 saturated heterocycles. The molecule has 2 N–H and O–H groups in total. The van der Waals surface area contributed by atoms with Crippen LogP contribution in [0.2, 0.25) is 0 Å². The van der Waals surface area contributed by atoms with E-state index in [1.54, 1.807) is 24.8 Å². The molecule has 0 bridgehead atoms. The van der Waals surface area contributed by atoms with Gasteiger partial charge in [0.1, 0.15) is 17.3 Å². The fraction of sp³-hybridized carbons (Fsp3) is 0.370. The maximum Gasteiger partial charge on any atom is 0.226 e. The SMILES string of the molecule is COc1ccc(CNc2nc(-c3cccc(F)c3)c(C)c3nc([C@@H]4CC[C@H](C)NC4)nn23)c(OC)c1. The summed E-state index contributed by atoms with van der Waals surface area (Å²) in [6.07, 6.45) is 2.11. The fourth-order valence-corrected chi connectivity index (χ4v) is 4.66. The van der Waals surface area contributed by atoms with Gasteiger partial charge in [0.05, 0.1) is 19.9 Å².